The van der Waals surface area contributed by atoms with Gasteiger partial charge in [0, 0.05) is 0 Å². The molecule has 2 N–H and O–H groups in total. The second-order valence-corrected chi connectivity index (χ2v) is 4.39. The van der Waals surface area contributed by atoms with E-state index in [0.717, 1.165) is 37.0 Å². The second kappa shape index (κ2) is 3.77. The molecule has 0 bridgehead atoms. The van der Waals surface area contributed by atoms with Gasteiger partial charge in [-0.3, -0.25) is 0 Å². The molecule has 1 nitrogen and oxygen atoms in total. The zero-order chi connectivity index (χ0) is 11.8. The molecule has 16 heavy (non-hydrogen) atoms. The van der Waals surface area contributed by atoms with E-state index in [0.29, 0.717) is 6.54 Å². The third-order valence-corrected chi connectivity index (χ3v) is 3.30. The molecular formula is C12H14F3N. The molecule has 0 saturated heterocycles. The van der Waals surface area contributed by atoms with Crippen LogP contribution in [0.2, 0.25) is 0 Å². The summed E-state index contributed by atoms with van der Waals surface area (Å²) in [5, 5.41) is 0. The molecule has 0 radical (unpaired) electrons. The lowest BCUT2D eigenvalue weighted by atomic mass is 9.92. The van der Waals surface area contributed by atoms with Crippen LogP contribution in [0.5, 0.6) is 0 Å². The average Bonchev–Trinajstić information content (AvgIpc) is 2.99. The van der Waals surface area contributed by atoms with Crippen LogP contribution in [-0.4, -0.2) is 6.54 Å². The van der Waals surface area contributed by atoms with Crippen molar-refractivity contribution in [3.05, 3.63) is 35.4 Å². The van der Waals surface area contributed by atoms with Crippen molar-refractivity contribution in [2.45, 2.75) is 30.9 Å². The summed E-state index contributed by atoms with van der Waals surface area (Å²) in [5.74, 6) is 0. The Balaban J connectivity index is 2.20. The Kier molecular flexibility index (Phi) is 2.70. The summed E-state index contributed by atoms with van der Waals surface area (Å²) in [5.41, 5.74) is 5.99. The van der Waals surface area contributed by atoms with Crippen LogP contribution in [0.4, 0.5) is 13.2 Å². The zero-order valence-corrected chi connectivity index (χ0v) is 8.85. The van der Waals surface area contributed by atoms with E-state index in [1.54, 1.807) is 12.1 Å². The van der Waals surface area contributed by atoms with Gasteiger partial charge in [-0.1, -0.05) is 12.1 Å². The SMILES string of the molecule is NCCC1(c2ccc(C(F)(F)F)cc2)CC1. The van der Waals surface area contributed by atoms with Crippen LogP contribution in [0.15, 0.2) is 24.3 Å². The summed E-state index contributed by atoms with van der Waals surface area (Å²) < 4.78 is 37.1. The van der Waals surface area contributed by atoms with Crippen molar-refractivity contribution in [2.75, 3.05) is 6.54 Å². The largest absolute Gasteiger partial charge is 0.416 e. The van der Waals surface area contributed by atoms with Crippen molar-refractivity contribution in [3.63, 3.8) is 0 Å². The molecule has 2 rings (SSSR count). The number of nitrogens with two attached hydrogens (primary N) is 1. The first-order valence-corrected chi connectivity index (χ1v) is 5.36. The molecule has 0 amide bonds. The van der Waals surface area contributed by atoms with Gasteiger partial charge in [-0.15, -0.1) is 0 Å². The van der Waals surface area contributed by atoms with Gasteiger partial charge in [0.05, 0.1) is 5.56 Å². The average molecular weight is 229 g/mol. The third-order valence-electron chi connectivity index (χ3n) is 3.30. The number of hydrogen-bond donors (Lipinski definition) is 1. The van der Waals surface area contributed by atoms with Gasteiger partial charge in [0.15, 0.2) is 0 Å². The molecule has 0 aliphatic heterocycles. The fraction of sp³-hybridized carbons (Fsp3) is 0.500. The van der Waals surface area contributed by atoms with Gasteiger partial charge in [-0.05, 0) is 48.9 Å². The predicted octanol–water partition coefficient (Wildman–Crippen LogP) is 3.09. The van der Waals surface area contributed by atoms with Crippen molar-refractivity contribution in [3.8, 4) is 0 Å². The first-order valence-electron chi connectivity index (χ1n) is 5.36. The minimum Gasteiger partial charge on any atom is -0.330 e. The maximum Gasteiger partial charge on any atom is 0.416 e. The molecule has 1 fully saturated rings. The van der Waals surface area contributed by atoms with Crippen molar-refractivity contribution in [1.29, 1.82) is 0 Å². The van der Waals surface area contributed by atoms with Crippen molar-refractivity contribution >= 4 is 0 Å². The summed E-state index contributed by atoms with van der Waals surface area (Å²) in [4.78, 5) is 0. The van der Waals surface area contributed by atoms with E-state index in [-0.39, 0.29) is 5.41 Å². The molecule has 1 aromatic rings. The molecular weight excluding hydrogens is 215 g/mol. The quantitative estimate of drug-likeness (QED) is 0.846. The molecule has 0 heterocycles. The van der Waals surface area contributed by atoms with E-state index in [4.69, 9.17) is 5.73 Å². The molecule has 0 unspecified atom stereocenters. The first kappa shape index (κ1) is 11.5. The highest BCUT2D eigenvalue weighted by molar-refractivity contribution is 5.34. The smallest absolute Gasteiger partial charge is 0.330 e. The summed E-state index contributed by atoms with van der Waals surface area (Å²) in [6.45, 7) is 0.584. The predicted molar refractivity (Wildman–Crippen MR) is 56.0 cm³/mol. The van der Waals surface area contributed by atoms with Crippen LogP contribution in [0, 0.1) is 0 Å². The topological polar surface area (TPSA) is 26.0 Å². The fourth-order valence-electron chi connectivity index (χ4n) is 2.12. The molecule has 4 heteroatoms. The maximum absolute atomic E-state index is 12.4. The highest BCUT2D eigenvalue weighted by Gasteiger charge is 2.43. The van der Waals surface area contributed by atoms with Crippen LogP contribution in [0.1, 0.15) is 30.4 Å². The molecule has 0 spiro atoms. The number of hydrogen-bond acceptors (Lipinski definition) is 1. The van der Waals surface area contributed by atoms with Crippen molar-refractivity contribution < 1.29 is 13.2 Å². The van der Waals surface area contributed by atoms with E-state index in [1.807, 2.05) is 0 Å². The van der Waals surface area contributed by atoms with Gasteiger partial charge in [-0.2, -0.15) is 13.2 Å². The van der Waals surface area contributed by atoms with E-state index < -0.39 is 11.7 Å². The maximum atomic E-state index is 12.4. The molecule has 1 aliphatic rings. The van der Waals surface area contributed by atoms with Gasteiger partial charge >= 0.3 is 6.18 Å². The summed E-state index contributed by atoms with van der Waals surface area (Å²) in [6.07, 6.45) is -1.31. The number of benzene rings is 1. The molecule has 1 saturated carbocycles. The highest BCUT2D eigenvalue weighted by atomic mass is 19.4. The minimum absolute atomic E-state index is 0.0683. The first-order chi connectivity index (χ1) is 7.48. The normalized spacial score (nSPS) is 18.5. The number of rotatable bonds is 3. The Hall–Kier alpha value is -1.03. The number of alkyl halides is 3. The Bertz CT molecular complexity index is 363. The Labute approximate surface area is 92.5 Å². The van der Waals surface area contributed by atoms with E-state index in [2.05, 4.69) is 0 Å². The van der Waals surface area contributed by atoms with Gasteiger partial charge in [0.1, 0.15) is 0 Å². The van der Waals surface area contributed by atoms with E-state index >= 15 is 0 Å². The lowest BCUT2D eigenvalue weighted by Gasteiger charge is -2.15. The van der Waals surface area contributed by atoms with E-state index in [1.165, 1.54) is 0 Å². The van der Waals surface area contributed by atoms with Crippen LogP contribution >= 0.6 is 0 Å². The van der Waals surface area contributed by atoms with Crippen molar-refractivity contribution in [2.24, 2.45) is 5.73 Å². The highest BCUT2D eigenvalue weighted by Crippen LogP contribution is 2.50. The fourth-order valence-corrected chi connectivity index (χ4v) is 2.12. The van der Waals surface area contributed by atoms with Crippen LogP contribution in [0.25, 0.3) is 0 Å². The molecule has 0 aromatic heterocycles. The summed E-state index contributed by atoms with van der Waals surface area (Å²) in [7, 11) is 0. The standard InChI is InChI=1S/C12H14F3N/c13-12(14,15)10-3-1-9(2-4-10)11(5-6-11)7-8-16/h1-4H,5-8,16H2. The van der Waals surface area contributed by atoms with E-state index in [9.17, 15) is 13.2 Å². The van der Waals surface area contributed by atoms with Gasteiger partial charge in [0.25, 0.3) is 0 Å². The number of halogens is 3. The molecule has 1 aliphatic carbocycles. The molecule has 0 atom stereocenters. The Morgan fingerprint density at radius 1 is 1.12 bits per heavy atom. The Morgan fingerprint density at radius 3 is 2.06 bits per heavy atom. The van der Waals surface area contributed by atoms with Crippen LogP contribution in [-0.2, 0) is 11.6 Å². The minimum atomic E-state index is -4.25. The molecule has 88 valence electrons. The van der Waals surface area contributed by atoms with Crippen LogP contribution < -0.4 is 5.73 Å². The lowest BCUT2D eigenvalue weighted by Crippen LogP contribution is -2.14. The van der Waals surface area contributed by atoms with Gasteiger partial charge in [-0.25, -0.2) is 0 Å². The molecule has 1 aromatic carbocycles. The van der Waals surface area contributed by atoms with Crippen LogP contribution in [0.3, 0.4) is 0 Å². The Morgan fingerprint density at radius 2 is 1.69 bits per heavy atom. The van der Waals surface area contributed by atoms with Gasteiger partial charge < -0.3 is 5.73 Å². The summed E-state index contributed by atoms with van der Waals surface area (Å²) in [6, 6.07) is 5.49. The lowest BCUT2D eigenvalue weighted by molar-refractivity contribution is -0.137. The monoisotopic (exact) mass is 229 g/mol. The van der Waals surface area contributed by atoms with Crippen molar-refractivity contribution in [1.82, 2.24) is 0 Å². The zero-order valence-electron chi connectivity index (χ0n) is 8.85. The van der Waals surface area contributed by atoms with Gasteiger partial charge in [0.2, 0.25) is 0 Å². The summed E-state index contributed by atoms with van der Waals surface area (Å²) >= 11 is 0. The third kappa shape index (κ3) is 2.07. The second-order valence-electron chi connectivity index (χ2n) is 4.39.